The average molecular weight is 291 g/mol. The Morgan fingerprint density at radius 1 is 1.36 bits per heavy atom. The molecule has 54 valence electrons. The topological polar surface area (TPSA) is 23.8 Å². The minimum absolute atomic E-state index is 0.808. The maximum absolute atomic E-state index is 8.59. The smallest absolute Gasteiger partial charge is 0.110 e. The van der Waals surface area contributed by atoms with Crippen LogP contribution in [-0.4, -0.2) is 0 Å². The molecule has 0 saturated heterocycles. The van der Waals surface area contributed by atoms with Crippen LogP contribution in [0.2, 0.25) is 0 Å². The minimum Gasteiger partial charge on any atom is -0.192 e. The van der Waals surface area contributed by atoms with Crippen LogP contribution >= 0.6 is 45.3 Å². The van der Waals surface area contributed by atoms with Gasteiger partial charge in [-0.05, 0) is 34.7 Å². The van der Waals surface area contributed by atoms with Gasteiger partial charge in [0.15, 0.2) is 0 Å². The predicted octanol–water partition coefficient (Wildman–Crippen LogP) is 3.44. The Morgan fingerprint density at radius 3 is 2.82 bits per heavy atom. The first kappa shape index (κ1) is 7.53. The second-order valence-electron chi connectivity index (χ2n) is 2.02. The maximum Gasteiger partial charge on any atom is 0.110 e. The van der Waals surface area contributed by atoms with E-state index in [-0.39, 0.29) is 0 Å². The number of halogens is 1. The molecule has 0 bridgehead atoms. The molecular formula is C7H2INS2. The van der Waals surface area contributed by atoms with Gasteiger partial charge in [-0.15, -0.1) is 22.7 Å². The van der Waals surface area contributed by atoms with Crippen LogP contribution in [0.15, 0.2) is 12.1 Å². The van der Waals surface area contributed by atoms with Gasteiger partial charge in [-0.25, -0.2) is 0 Å². The lowest BCUT2D eigenvalue weighted by Gasteiger charge is -1.71. The maximum atomic E-state index is 8.59. The highest BCUT2D eigenvalue weighted by atomic mass is 127. The van der Waals surface area contributed by atoms with Crippen LogP contribution in [0.4, 0.5) is 0 Å². The van der Waals surface area contributed by atoms with Gasteiger partial charge in [0.25, 0.3) is 0 Å². The second-order valence-corrected chi connectivity index (χ2v) is 6.27. The first-order valence-corrected chi connectivity index (χ1v) is 5.60. The summed E-state index contributed by atoms with van der Waals surface area (Å²) in [5.41, 5.74) is 0. The number of hydrogen-bond donors (Lipinski definition) is 0. The van der Waals surface area contributed by atoms with Crippen molar-refractivity contribution in [2.75, 3.05) is 0 Å². The van der Waals surface area contributed by atoms with Crippen LogP contribution in [0.3, 0.4) is 0 Å². The fourth-order valence-electron chi connectivity index (χ4n) is 0.864. The zero-order valence-electron chi connectivity index (χ0n) is 5.30. The molecule has 0 unspecified atom stereocenters. The summed E-state index contributed by atoms with van der Waals surface area (Å²) >= 11 is 5.61. The van der Waals surface area contributed by atoms with Crippen molar-refractivity contribution in [3.63, 3.8) is 0 Å². The number of rotatable bonds is 0. The van der Waals surface area contributed by atoms with Gasteiger partial charge in [-0.2, -0.15) is 5.26 Å². The number of fused-ring (bicyclic) bond motifs is 1. The first-order valence-electron chi connectivity index (χ1n) is 2.88. The lowest BCUT2D eigenvalue weighted by atomic mass is 10.4. The average Bonchev–Trinajstić information content (AvgIpc) is 2.43. The summed E-state index contributed by atoms with van der Waals surface area (Å²) in [4.78, 5) is 0.808. The van der Waals surface area contributed by atoms with Gasteiger partial charge in [-0.3, -0.25) is 0 Å². The Bertz CT molecular complexity index is 403. The molecule has 0 spiro atoms. The Labute approximate surface area is 85.4 Å². The van der Waals surface area contributed by atoms with Crippen molar-refractivity contribution >= 4 is 54.7 Å². The highest BCUT2D eigenvalue weighted by Gasteiger charge is 2.03. The zero-order chi connectivity index (χ0) is 7.84. The fourth-order valence-corrected chi connectivity index (χ4v) is 4.28. The van der Waals surface area contributed by atoms with Crippen LogP contribution in [-0.2, 0) is 0 Å². The minimum atomic E-state index is 0.808. The molecule has 2 aromatic heterocycles. The van der Waals surface area contributed by atoms with Gasteiger partial charge in [-0.1, -0.05) is 0 Å². The Balaban J connectivity index is 2.76. The van der Waals surface area contributed by atoms with Crippen LogP contribution in [0.25, 0.3) is 9.40 Å². The summed E-state index contributed by atoms with van der Waals surface area (Å²) < 4.78 is 2.54. The highest BCUT2D eigenvalue weighted by molar-refractivity contribution is 14.1. The Hall–Kier alpha value is -0.120. The van der Waals surface area contributed by atoms with Crippen molar-refractivity contribution in [1.82, 2.24) is 0 Å². The number of hydrogen-bond acceptors (Lipinski definition) is 3. The largest absolute Gasteiger partial charge is 0.192 e. The molecule has 2 aromatic rings. The van der Waals surface area contributed by atoms with Gasteiger partial charge in [0.1, 0.15) is 10.9 Å². The SMILES string of the molecule is N#Cc1cc2cc(I)sc2s1. The quantitative estimate of drug-likeness (QED) is 0.682. The molecule has 4 heteroatoms. The van der Waals surface area contributed by atoms with Gasteiger partial charge in [0.05, 0.1) is 6.90 Å². The summed E-state index contributed by atoms with van der Waals surface area (Å²) in [6.45, 7) is 0. The Kier molecular flexibility index (Phi) is 1.87. The van der Waals surface area contributed by atoms with Gasteiger partial charge >= 0.3 is 0 Å². The van der Waals surface area contributed by atoms with E-state index in [2.05, 4.69) is 34.7 Å². The summed E-state index contributed by atoms with van der Waals surface area (Å²) in [5, 5.41) is 9.80. The molecule has 1 nitrogen and oxygen atoms in total. The van der Waals surface area contributed by atoms with Crippen molar-refractivity contribution < 1.29 is 0 Å². The zero-order valence-corrected chi connectivity index (χ0v) is 9.09. The van der Waals surface area contributed by atoms with Crippen molar-refractivity contribution in [3.05, 3.63) is 19.9 Å². The van der Waals surface area contributed by atoms with Crippen molar-refractivity contribution in [2.24, 2.45) is 0 Å². The summed E-state index contributed by atoms with van der Waals surface area (Å²) in [5.74, 6) is 0. The van der Waals surface area contributed by atoms with Crippen LogP contribution in [0.5, 0.6) is 0 Å². The molecule has 0 radical (unpaired) electrons. The van der Waals surface area contributed by atoms with E-state index in [1.807, 2.05) is 6.07 Å². The van der Waals surface area contributed by atoms with E-state index in [4.69, 9.17) is 5.26 Å². The lowest BCUT2D eigenvalue weighted by Crippen LogP contribution is -1.54. The van der Waals surface area contributed by atoms with E-state index in [1.165, 1.54) is 12.3 Å². The first-order chi connectivity index (χ1) is 5.29. The standard InChI is InChI=1S/C7H2INS2/c8-6-2-4-1-5(3-9)10-7(4)11-6/h1-2H. The molecule has 0 aliphatic carbocycles. The van der Waals surface area contributed by atoms with E-state index in [0.717, 1.165) is 4.88 Å². The van der Waals surface area contributed by atoms with Crippen LogP contribution in [0.1, 0.15) is 4.88 Å². The van der Waals surface area contributed by atoms with Crippen LogP contribution in [0, 0.1) is 14.2 Å². The summed E-state index contributed by atoms with van der Waals surface area (Å²) in [7, 11) is 0. The second kappa shape index (κ2) is 2.73. The van der Waals surface area contributed by atoms with Crippen LogP contribution < -0.4 is 0 Å². The molecule has 0 fully saturated rings. The third-order valence-corrected chi connectivity index (χ3v) is 4.35. The third-order valence-electron chi connectivity index (χ3n) is 1.29. The molecule has 0 aliphatic rings. The molecule has 0 saturated carbocycles. The molecule has 0 aliphatic heterocycles. The van der Waals surface area contributed by atoms with E-state index >= 15 is 0 Å². The highest BCUT2D eigenvalue weighted by Crippen LogP contribution is 2.33. The number of nitriles is 1. The fraction of sp³-hybridized carbons (Fsp3) is 0. The van der Waals surface area contributed by atoms with E-state index in [0.29, 0.717) is 0 Å². The predicted molar refractivity (Wildman–Crippen MR) is 57.1 cm³/mol. The molecule has 0 aromatic carbocycles. The molecule has 11 heavy (non-hydrogen) atoms. The summed E-state index contributed by atoms with van der Waals surface area (Å²) in [6, 6.07) is 6.20. The van der Waals surface area contributed by atoms with Crippen molar-refractivity contribution in [3.8, 4) is 6.07 Å². The summed E-state index contributed by atoms with van der Waals surface area (Å²) in [6.07, 6.45) is 0. The van der Waals surface area contributed by atoms with Crippen molar-refractivity contribution in [1.29, 1.82) is 5.26 Å². The number of nitrogens with zero attached hydrogens (tertiary/aromatic N) is 1. The normalized spacial score (nSPS) is 10.2. The van der Waals surface area contributed by atoms with E-state index < -0.39 is 0 Å². The lowest BCUT2D eigenvalue weighted by molar-refractivity contribution is 1.52. The monoisotopic (exact) mass is 291 g/mol. The van der Waals surface area contributed by atoms with Gasteiger partial charge < -0.3 is 0 Å². The molecule has 0 atom stereocenters. The van der Waals surface area contributed by atoms with Gasteiger partial charge in [0, 0.05) is 5.39 Å². The third kappa shape index (κ3) is 1.28. The Morgan fingerprint density at radius 2 is 2.18 bits per heavy atom. The molecule has 2 heterocycles. The van der Waals surface area contributed by atoms with Crippen molar-refractivity contribution in [2.45, 2.75) is 0 Å². The molecule has 0 N–H and O–H groups in total. The molecule has 0 amide bonds. The van der Waals surface area contributed by atoms with E-state index in [1.54, 1.807) is 22.7 Å². The number of thiophene rings is 2. The van der Waals surface area contributed by atoms with E-state index in [9.17, 15) is 0 Å². The van der Waals surface area contributed by atoms with Gasteiger partial charge in [0.2, 0.25) is 0 Å². The molecule has 2 rings (SSSR count). The molecular weight excluding hydrogens is 289 g/mol.